The average molecular weight is 588 g/mol. The van der Waals surface area contributed by atoms with Crippen LogP contribution in [-0.4, -0.2) is 50.9 Å². The van der Waals surface area contributed by atoms with Gasteiger partial charge in [0.15, 0.2) is 9.84 Å². The molecule has 2 aromatic carbocycles. The summed E-state index contributed by atoms with van der Waals surface area (Å²) in [5.41, 5.74) is 2.95. The van der Waals surface area contributed by atoms with Gasteiger partial charge in [0, 0.05) is 39.2 Å². The summed E-state index contributed by atoms with van der Waals surface area (Å²) in [6.45, 7) is 7.22. The Hall–Kier alpha value is -1.97. The highest BCUT2D eigenvalue weighted by molar-refractivity contribution is 7.92. The molecule has 4 rings (SSSR count). The highest BCUT2D eigenvalue weighted by Gasteiger charge is 2.30. The molecule has 2 aromatic rings. The number of aryl methyl sites for hydroxylation is 1. The SMILES string of the molecule is CC1(C)OCc2cc([C@@H](O)CNCCCCCCOCCCCc3cccc(S(=O)(=O)C4CCCC4)c3)ccc2O1. The van der Waals surface area contributed by atoms with Crippen LogP contribution in [0.5, 0.6) is 5.75 Å². The van der Waals surface area contributed by atoms with Gasteiger partial charge in [-0.3, -0.25) is 0 Å². The molecule has 41 heavy (non-hydrogen) atoms. The summed E-state index contributed by atoms with van der Waals surface area (Å²) in [4.78, 5) is 0.495. The fraction of sp³-hybridized carbons (Fsp3) is 0.636. The van der Waals surface area contributed by atoms with Gasteiger partial charge in [0.25, 0.3) is 0 Å². The molecule has 8 heteroatoms. The van der Waals surface area contributed by atoms with Crippen LogP contribution in [-0.2, 0) is 32.3 Å². The van der Waals surface area contributed by atoms with Gasteiger partial charge >= 0.3 is 0 Å². The van der Waals surface area contributed by atoms with Gasteiger partial charge in [0.1, 0.15) is 5.75 Å². The Labute approximate surface area is 246 Å². The lowest BCUT2D eigenvalue weighted by atomic mass is 10.0. The van der Waals surface area contributed by atoms with Crippen LogP contribution in [0.2, 0.25) is 0 Å². The van der Waals surface area contributed by atoms with E-state index in [4.69, 9.17) is 14.2 Å². The number of hydrogen-bond acceptors (Lipinski definition) is 7. The summed E-state index contributed by atoms with van der Waals surface area (Å²) in [5.74, 6) is 0.210. The van der Waals surface area contributed by atoms with Gasteiger partial charge in [0.05, 0.1) is 22.9 Å². The molecule has 0 spiro atoms. The number of sulfone groups is 1. The summed E-state index contributed by atoms with van der Waals surface area (Å²) < 4.78 is 43.1. The van der Waals surface area contributed by atoms with Crippen molar-refractivity contribution in [1.82, 2.24) is 5.32 Å². The number of ether oxygens (including phenoxy) is 3. The molecule has 1 heterocycles. The van der Waals surface area contributed by atoms with E-state index in [9.17, 15) is 13.5 Å². The lowest BCUT2D eigenvalue weighted by Gasteiger charge is -2.33. The zero-order valence-electron chi connectivity index (χ0n) is 24.9. The maximum atomic E-state index is 12.9. The van der Waals surface area contributed by atoms with Crippen LogP contribution in [0, 0.1) is 0 Å². The largest absolute Gasteiger partial charge is 0.463 e. The predicted molar refractivity (Wildman–Crippen MR) is 162 cm³/mol. The number of benzene rings is 2. The first-order valence-corrected chi connectivity index (χ1v) is 17.0. The van der Waals surface area contributed by atoms with Crippen molar-refractivity contribution in [1.29, 1.82) is 0 Å². The molecule has 0 aromatic heterocycles. The number of nitrogens with one attached hydrogen (secondary N) is 1. The van der Waals surface area contributed by atoms with Crippen molar-refractivity contribution in [2.45, 2.75) is 113 Å². The minimum atomic E-state index is -3.19. The number of hydrogen-bond donors (Lipinski definition) is 2. The fourth-order valence-corrected chi connectivity index (χ4v) is 7.56. The molecule has 0 bridgehead atoms. The third-order valence-corrected chi connectivity index (χ3v) is 10.4. The van der Waals surface area contributed by atoms with E-state index in [1.807, 2.05) is 50.2 Å². The van der Waals surface area contributed by atoms with Crippen molar-refractivity contribution in [2.24, 2.45) is 0 Å². The molecule has 0 saturated heterocycles. The fourth-order valence-electron chi connectivity index (χ4n) is 5.63. The summed E-state index contributed by atoms with van der Waals surface area (Å²) >= 11 is 0. The van der Waals surface area contributed by atoms with Crippen molar-refractivity contribution in [3.8, 4) is 5.75 Å². The van der Waals surface area contributed by atoms with E-state index in [1.165, 1.54) is 0 Å². The van der Waals surface area contributed by atoms with Gasteiger partial charge in [-0.25, -0.2) is 8.42 Å². The second-order valence-electron chi connectivity index (χ2n) is 12.0. The summed E-state index contributed by atoms with van der Waals surface area (Å²) in [5, 5.41) is 13.7. The van der Waals surface area contributed by atoms with Crippen LogP contribution >= 0.6 is 0 Å². The van der Waals surface area contributed by atoms with Gasteiger partial charge in [-0.15, -0.1) is 0 Å². The summed E-state index contributed by atoms with van der Waals surface area (Å²) in [6, 6.07) is 13.4. The second kappa shape index (κ2) is 15.5. The first kappa shape index (κ1) is 32.0. The summed E-state index contributed by atoms with van der Waals surface area (Å²) in [7, 11) is -3.19. The van der Waals surface area contributed by atoms with Crippen LogP contribution in [0.3, 0.4) is 0 Å². The number of aliphatic hydroxyl groups excluding tert-OH is 1. The van der Waals surface area contributed by atoms with Crippen LogP contribution in [0.4, 0.5) is 0 Å². The topological polar surface area (TPSA) is 94.1 Å². The maximum Gasteiger partial charge on any atom is 0.205 e. The van der Waals surface area contributed by atoms with Crippen molar-refractivity contribution in [2.75, 3.05) is 26.3 Å². The van der Waals surface area contributed by atoms with E-state index in [1.54, 1.807) is 6.07 Å². The molecule has 0 amide bonds. The van der Waals surface area contributed by atoms with E-state index >= 15 is 0 Å². The Kier molecular flexibility index (Phi) is 12.1. The first-order chi connectivity index (χ1) is 19.7. The Balaban J connectivity index is 0.987. The van der Waals surface area contributed by atoms with E-state index in [0.29, 0.717) is 18.0 Å². The number of unbranched alkanes of at least 4 members (excludes halogenated alkanes) is 4. The van der Waals surface area contributed by atoms with Gasteiger partial charge in [-0.05, 0) is 86.9 Å². The standard InChI is InChI=1S/C33H49NO6S/c1-33(2)39-25-28-23-27(17-18-32(28)40-33)31(35)24-34-19-8-3-4-9-20-38-21-10-7-12-26-13-11-16-30(22-26)41(36,37)29-14-5-6-15-29/h11,13,16-18,22-23,29,31,34-35H,3-10,12,14-15,19-21,24-25H2,1-2H3/t31-/m0/s1. The van der Waals surface area contributed by atoms with E-state index in [-0.39, 0.29) is 5.25 Å². The molecule has 1 atom stereocenters. The monoisotopic (exact) mass is 587 g/mol. The van der Waals surface area contributed by atoms with Crippen molar-refractivity contribution in [3.05, 3.63) is 59.2 Å². The van der Waals surface area contributed by atoms with Crippen LogP contribution < -0.4 is 10.1 Å². The molecule has 0 unspecified atom stereocenters. The smallest absolute Gasteiger partial charge is 0.205 e. The van der Waals surface area contributed by atoms with Gasteiger partial charge in [0.2, 0.25) is 5.79 Å². The molecule has 1 saturated carbocycles. The first-order valence-electron chi connectivity index (χ1n) is 15.5. The molecular weight excluding hydrogens is 538 g/mol. The molecule has 2 aliphatic rings. The molecular formula is C33H49NO6S. The van der Waals surface area contributed by atoms with E-state index in [0.717, 1.165) is 113 Å². The average Bonchev–Trinajstić information content (AvgIpc) is 3.51. The van der Waals surface area contributed by atoms with Gasteiger partial charge < -0.3 is 24.6 Å². The molecule has 0 radical (unpaired) electrons. The minimum absolute atomic E-state index is 0.194. The van der Waals surface area contributed by atoms with Crippen molar-refractivity contribution >= 4 is 9.84 Å². The van der Waals surface area contributed by atoms with Gasteiger partial charge in [-0.2, -0.15) is 0 Å². The van der Waals surface area contributed by atoms with Crippen LogP contribution in [0.1, 0.15) is 101 Å². The van der Waals surface area contributed by atoms with Gasteiger partial charge in [-0.1, -0.05) is 43.9 Å². The third kappa shape index (κ3) is 9.79. The zero-order chi connectivity index (χ0) is 29.1. The highest BCUT2D eigenvalue weighted by atomic mass is 32.2. The number of aliphatic hydroxyl groups is 1. The molecule has 1 aliphatic carbocycles. The molecule has 7 nitrogen and oxygen atoms in total. The van der Waals surface area contributed by atoms with E-state index < -0.39 is 21.7 Å². The molecule has 228 valence electrons. The third-order valence-electron chi connectivity index (χ3n) is 8.10. The predicted octanol–water partition coefficient (Wildman–Crippen LogP) is 6.27. The van der Waals surface area contributed by atoms with E-state index in [2.05, 4.69) is 5.32 Å². The lowest BCUT2D eigenvalue weighted by molar-refractivity contribution is -0.180. The minimum Gasteiger partial charge on any atom is -0.463 e. The number of fused-ring (bicyclic) bond motifs is 1. The Morgan fingerprint density at radius 2 is 1.76 bits per heavy atom. The van der Waals surface area contributed by atoms with Crippen molar-refractivity contribution in [3.63, 3.8) is 0 Å². The molecule has 1 fully saturated rings. The van der Waals surface area contributed by atoms with Crippen LogP contribution in [0.15, 0.2) is 47.4 Å². The zero-order valence-corrected chi connectivity index (χ0v) is 25.7. The quantitative estimate of drug-likeness (QED) is 0.211. The molecule has 1 aliphatic heterocycles. The van der Waals surface area contributed by atoms with Crippen molar-refractivity contribution < 1.29 is 27.7 Å². The Bertz CT molecular complexity index is 1190. The highest BCUT2D eigenvalue weighted by Crippen LogP contribution is 2.33. The second-order valence-corrected chi connectivity index (χ2v) is 14.2. The summed E-state index contributed by atoms with van der Waals surface area (Å²) in [6.07, 6.45) is 10.3. The number of rotatable bonds is 17. The maximum absolute atomic E-state index is 12.9. The normalized spacial score (nSPS) is 17.7. The lowest BCUT2D eigenvalue weighted by Crippen LogP contribution is -2.35. The molecule has 2 N–H and O–H groups in total. The van der Waals surface area contributed by atoms with Crippen LogP contribution in [0.25, 0.3) is 0 Å². The Morgan fingerprint density at radius 1 is 1.00 bits per heavy atom. The Morgan fingerprint density at radius 3 is 2.56 bits per heavy atom.